The Morgan fingerprint density at radius 2 is 1.48 bits per heavy atom. The van der Waals surface area contributed by atoms with Gasteiger partial charge in [-0.2, -0.15) is 0 Å². The first-order chi connectivity index (χ1) is 16.0. The summed E-state index contributed by atoms with van der Waals surface area (Å²) in [5, 5.41) is -0.268. The topological polar surface area (TPSA) is 55.8 Å². The van der Waals surface area contributed by atoms with Crippen LogP contribution in [0.5, 0.6) is 11.5 Å². The fourth-order valence-electron chi connectivity index (χ4n) is 3.20. The summed E-state index contributed by atoms with van der Waals surface area (Å²) < 4.78 is 12.3. The van der Waals surface area contributed by atoms with Crippen LogP contribution in [0.25, 0.3) is 6.08 Å². The van der Waals surface area contributed by atoms with Crippen LogP contribution in [0.15, 0.2) is 82.2 Å². The summed E-state index contributed by atoms with van der Waals surface area (Å²) >= 11 is 4.42. The molecule has 1 saturated heterocycles. The SMILES string of the molecule is Cc1ccc(OCCOc2ccc(/C=C3\SC(=O)N(Cc4ccccc4Br)C3=O)cc2)cc1. The highest BCUT2D eigenvalue weighted by atomic mass is 79.9. The van der Waals surface area contributed by atoms with Gasteiger partial charge >= 0.3 is 0 Å². The summed E-state index contributed by atoms with van der Waals surface area (Å²) in [5.41, 5.74) is 2.89. The van der Waals surface area contributed by atoms with E-state index in [0.29, 0.717) is 23.9 Å². The number of aryl methyl sites for hydroxylation is 1. The van der Waals surface area contributed by atoms with Gasteiger partial charge in [0.1, 0.15) is 24.7 Å². The van der Waals surface area contributed by atoms with Gasteiger partial charge < -0.3 is 9.47 Å². The Kier molecular flexibility index (Phi) is 7.52. The van der Waals surface area contributed by atoms with Crippen molar-refractivity contribution in [2.75, 3.05) is 13.2 Å². The van der Waals surface area contributed by atoms with E-state index >= 15 is 0 Å². The van der Waals surface area contributed by atoms with Crippen molar-refractivity contribution in [1.82, 2.24) is 4.90 Å². The van der Waals surface area contributed by atoms with E-state index < -0.39 is 0 Å². The Bertz CT molecular complexity index is 1180. The largest absolute Gasteiger partial charge is 0.490 e. The standard InChI is InChI=1S/C26H22BrNO4S/c1-18-6-10-21(11-7-18)31-14-15-32-22-12-8-19(9-13-22)16-24-25(29)28(26(30)33-24)17-20-4-2-3-5-23(20)27/h2-13,16H,14-15,17H2,1H3/b24-16-. The van der Waals surface area contributed by atoms with Crippen molar-refractivity contribution in [3.05, 3.63) is 98.9 Å². The van der Waals surface area contributed by atoms with E-state index in [4.69, 9.17) is 9.47 Å². The minimum absolute atomic E-state index is 0.237. The molecule has 7 heteroatoms. The van der Waals surface area contributed by atoms with Gasteiger partial charge in [0, 0.05) is 4.47 Å². The summed E-state index contributed by atoms with van der Waals surface area (Å²) in [5.74, 6) is 1.24. The maximum atomic E-state index is 12.8. The van der Waals surface area contributed by atoms with Crippen molar-refractivity contribution in [2.45, 2.75) is 13.5 Å². The molecule has 0 aromatic heterocycles. The average Bonchev–Trinajstić information content (AvgIpc) is 3.07. The van der Waals surface area contributed by atoms with Crippen molar-refractivity contribution < 1.29 is 19.1 Å². The first kappa shape index (κ1) is 23.1. The Labute approximate surface area is 205 Å². The van der Waals surface area contributed by atoms with Crippen molar-refractivity contribution in [3.8, 4) is 11.5 Å². The molecule has 1 fully saturated rings. The van der Waals surface area contributed by atoms with E-state index in [9.17, 15) is 9.59 Å². The van der Waals surface area contributed by atoms with Gasteiger partial charge in [0.25, 0.3) is 11.1 Å². The molecule has 0 aliphatic carbocycles. The van der Waals surface area contributed by atoms with E-state index in [1.165, 1.54) is 10.5 Å². The van der Waals surface area contributed by atoms with Crippen LogP contribution in [0.4, 0.5) is 4.79 Å². The van der Waals surface area contributed by atoms with Crippen molar-refractivity contribution in [3.63, 3.8) is 0 Å². The number of carbonyl (C=O) groups excluding carboxylic acids is 2. The van der Waals surface area contributed by atoms with Crippen LogP contribution in [0.1, 0.15) is 16.7 Å². The number of imide groups is 1. The number of halogens is 1. The lowest BCUT2D eigenvalue weighted by Crippen LogP contribution is -2.27. The fourth-order valence-corrected chi connectivity index (χ4v) is 4.45. The monoisotopic (exact) mass is 523 g/mol. The molecule has 0 unspecified atom stereocenters. The lowest BCUT2D eigenvalue weighted by molar-refractivity contribution is -0.123. The number of nitrogens with zero attached hydrogens (tertiary/aromatic N) is 1. The maximum absolute atomic E-state index is 12.8. The molecule has 1 heterocycles. The van der Waals surface area contributed by atoms with Crippen LogP contribution in [-0.2, 0) is 11.3 Å². The molecule has 0 bridgehead atoms. The number of hydrogen-bond donors (Lipinski definition) is 0. The minimum Gasteiger partial charge on any atom is -0.490 e. The quantitative estimate of drug-likeness (QED) is 0.250. The Morgan fingerprint density at radius 3 is 2.12 bits per heavy atom. The lowest BCUT2D eigenvalue weighted by atomic mass is 10.2. The van der Waals surface area contributed by atoms with E-state index in [-0.39, 0.29) is 17.7 Å². The Morgan fingerprint density at radius 1 is 0.879 bits per heavy atom. The van der Waals surface area contributed by atoms with Gasteiger partial charge in [0.15, 0.2) is 0 Å². The molecule has 0 spiro atoms. The molecule has 0 N–H and O–H groups in total. The molecule has 0 saturated carbocycles. The molecular weight excluding hydrogens is 502 g/mol. The van der Waals surface area contributed by atoms with Gasteiger partial charge in [-0.3, -0.25) is 14.5 Å². The highest BCUT2D eigenvalue weighted by molar-refractivity contribution is 9.10. The molecule has 33 heavy (non-hydrogen) atoms. The number of carbonyl (C=O) groups is 2. The van der Waals surface area contributed by atoms with Crippen LogP contribution in [-0.4, -0.2) is 29.3 Å². The van der Waals surface area contributed by atoms with Crippen molar-refractivity contribution >= 4 is 44.9 Å². The summed E-state index contributed by atoms with van der Waals surface area (Å²) in [4.78, 5) is 26.9. The maximum Gasteiger partial charge on any atom is 0.293 e. The van der Waals surface area contributed by atoms with E-state index in [1.54, 1.807) is 6.08 Å². The third kappa shape index (κ3) is 6.06. The second kappa shape index (κ2) is 10.7. The third-order valence-corrected chi connectivity index (χ3v) is 6.66. The van der Waals surface area contributed by atoms with Crippen LogP contribution in [0.2, 0.25) is 0 Å². The molecule has 4 rings (SSSR count). The second-order valence-electron chi connectivity index (χ2n) is 7.44. The first-order valence-electron chi connectivity index (χ1n) is 10.4. The summed E-state index contributed by atoms with van der Waals surface area (Å²) in [7, 11) is 0. The molecule has 3 aromatic rings. The molecule has 168 valence electrons. The molecule has 0 radical (unpaired) electrons. The van der Waals surface area contributed by atoms with Gasteiger partial charge in [0.2, 0.25) is 0 Å². The molecule has 2 amide bonds. The molecule has 3 aromatic carbocycles. The highest BCUT2D eigenvalue weighted by Crippen LogP contribution is 2.34. The number of hydrogen-bond acceptors (Lipinski definition) is 5. The van der Waals surface area contributed by atoms with Gasteiger partial charge in [-0.25, -0.2) is 0 Å². The smallest absolute Gasteiger partial charge is 0.293 e. The van der Waals surface area contributed by atoms with E-state index in [2.05, 4.69) is 15.9 Å². The molecule has 5 nitrogen and oxygen atoms in total. The minimum atomic E-state index is -0.283. The number of amides is 2. The van der Waals surface area contributed by atoms with E-state index in [0.717, 1.165) is 33.1 Å². The highest BCUT2D eigenvalue weighted by Gasteiger charge is 2.35. The zero-order valence-corrected chi connectivity index (χ0v) is 20.4. The normalized spacial score (nSPS) is 14.7. The number of benzene rings is 3. The first-order valence-corrected chi connectivity index (χ1v) is 12.0. The van der Waals surface area contributed by atoms with Gasteiger partial charge in [-0.1, -0.05) is 64.0 Å². The van der Waals surface area contributed by atoms with Gasteiger partial charge in [-0.05, 0) is 66.2 Å². The zero-order valence-electron chi connectivity index (χ0n) is 18.0. The predicted octanol–water partition coefficient (Wildman–Crippen LogP) is 6.45. The summed E-state index contributed by atoms with van der Waals surface area (Å²) in [6.07, 6.45) is 1.73. The summed E-state index contributed by atoms with van der Waals surface area (Å²) in [6, 6.07) is 22.8. The molecule has 1 aliphatic rings. The molecular formula is C26H22BrNO4S. The van der Waals surface area contributed by atoms with E-state index in [1.807, 2.05) is 79.7 Å². The van der Waals surface area contributed by atoms with Crippen molar-refractivity contribution in [1.29, 1.82) is 0 Å². The fraction of sp³-hybridized carbons (Fsp3) is 0.154. The zero-order chi connectivity index (χ0) is 23.2. The molecule has 1 aliphatic heterocycles. The Balaban J connectivity index is 1.31. The molecule has 0 atom stereocenters. The Hall–Kier alpha value is -3.03. The van der Waals surface area contributed by atoms with Crippen LogP contribution in [0, 0.1) is 6.92 Å². The number of ether oxygens (including phenoxy) is 2. The van der Waals surface area contributed by atoms with Gasteiger partial charge in [0.05, 0.1) is 11.4 Å². The van der Waals surface area contributed by atoms with Gasteiger partial charge in [-0.15, -0.1) is 0 Å². The third-order valence-electron chi connectivity index (χ3n) is 4.98. The predicted molar refractivity (Wildman–Crippen MR) is 134 cm³/mol. The van der Waals surface area contributed by atoms with Crippen molar-refractivity contribution in [2.24, 2.45) is 0 Å². The van der Waals surface area contributed by atoms with Crippen LogP contribution in [0.3, 0.4) is 0 Å². The van der Waals surface area contributed by atoms with Crippen LogP contribution >= 0.6 is 27.7 Å². The second-order valence-corrected chi connectivity index (χ2v) is 9.29. The van der Waals surface area contributed by atoms with Crippen LogP contribution < -0.4 is 9.47 Å². The summed E-state index contributed by atoms with van der Waals surface area (Å²) in [6.45, 7) is 3.13. The lowest BCUT2D eigenvalue weighted by Gasteiger charge is -2.13. The number of rotatable bonds is 8. The average molecular weight is 524 g/mol. The number of thioether (sulfide) groups is 1.